The SMILES string of the molecule is CCCc1nccn1Cc1cccc(C)n1. The summed E-state index contributed by atoms with van der Waals surface area (Å²) in [6, 6.07) is 6.13. The van der Waals surface area contributed by atoms with Crippen LogP contribution >= 0.6 is 0 Å². The summed E-state index contributed by atoms with van der Waals surface area (Å²) in [4.78, 5) is 8.86. The lowest BCUT2D eigenvalue weighted by Crippen LogP contribution is -2.05. The summed E-state index contributed by atoms with van der Waals surface area (Å²) < 4.78 is 2.17. The monoisotopic (exact) mass is 215 g/mol. The molecular weight excluding hydrogens is 198 g/mol. The molecule has 16 heavy (non-hydrogen) atoms. The predicted octanol–water partition coefficient (Wildman–Crippen LogP) is 2.59. The van der Waals surface area contributed by atoms with Crippen molar-refractivity contribution in [2.24, 2.45) is 0 Å². The van der Waals surface area contributed by atoms with E-state index in [2.05, 4.69) is 27.5 Å². The summed E-state index contributed by atoms with van der Waals surface area (Å²) in [6.45, 7) is 5.01. The molecule has 0 spiro atoms. The molecule has 0 unspecified atom stereocenters. The number of aryl methyl sites for hydroxylation is 2. The van der Waals surface area contributed by atoms with Crippen LogP contribution in [0.4, 0.5) is 0 Å². The van der Waals surface area contributed by atoms with E-state index in [1.54, 1.807) is 0 Å². The molecule has 3 nitrogen and oxygen atoms in total. The third kappa shape index (κ3) is 2.48. The van der Waals surface area contributed by atoms with Gasteiger partial charge in [-0.15, -0.1) is 0 Å². The molecule has 0 saturated heterocycles. The summed E-state index contributed by atoms with van der Waals surface area (Å²) in [7, 11) is 0. The second kappa shape index (κ2) is 4.92. The van der Waals surface area contributed by atoms with Gasteiger partial charge in [0, 0.05) is 24.5 Å². The molecule has 2 heterocycles. The normalized spacial score (nSPS) is 10.6. The lowest BCUT2D eigenvalue weighted by molar-refractivity contribution is 0.692. The molecule has 0 aliphatic carbocycles. The summed E-state index contributed by atoms with van der Waals surface area (Å²) in [6.07, 6.45) is 6.03. The van der Waals surface area contributed by atoms with Gasteiger partial charge in [0.05, 0.1) is 12.2 Å². The van der Waals surface area contributed by atoms with Crippen molar-refractivity contribution in [3.05, 3.63) is 47.8 Å². The minimum absolute atomic E-state index is 0.816. The predicted molar refractivity (Wildman–Crippen MR) is 64.3 cm³/mol. The van der Waals surface area contributed by atoms with Gasteiger partial charge in [0.25, 0.3) is 0 Å². The molecule has 0 aromatic carbocycles. The van der Waals surface area contributed by atoms with Crippen LogP contribution in [0.15, 0.2) is 30.6 Å². The van der Waals surface area contributed by atoms with Gasteiger partial charge in [-0.1, -0.05) is 13.0 Å². The number of hydrogen-bond donors (Lipinski definition) is 0. The van der Waals surface area contributed by atoms with Crippen LogP contribution in [0.25, 0.3) is 0 Å². The zero-order valence-electron chi connectivity index (χ0n) is 9.85. The van der Waals surface area contributed by atoms with Gasteiger partial charge in [-0.2, -0.15) is 0 Å². The number of hydrogen-bond acceptors (Lipinski definition) is 2. The first-order valence-electron chi connectivity index (χ1n) is 5.72. The molecule has 0 bridgehead atoms. The van der Waals surface area contributed by atoms with Crippen molar-refractivity contribution < 1.29 is 0 Å². The van der Waals surface area contributed by atoms with E-state index < -0.39 is 0 Å². The van der Waals surface area contributed by atoms with Crippen LogP contribution in [0.2, 0.25) is 0 Å². The van der Waals surface area contributed by atoms with E-state index in [0.717, 1.165) is 36.6 Å². The third-order valence-electron chi connectivity index (χ3n) is 2.55. The summed E-state index contributed by atoms with van der Waals surface area (Å²) in [5.41, 5.74) is 2.16. The van der Waals surface area contributed by atoms with Crippen molar-refractivity contribution in [2.75, 3.05) is 0 Å². The molecule has 0 N–H and O–H groups in total. The largest absolute Gasteiger partial charge is 0.329 e. The van der Waals surface area contributed by atoms with Crippen LogP contribution in [0, 0.1) is 6.92 Å². The maximum absolute atomic E-state index is 4.50. The minimum atomic E-state index is 0.816. The Bertz CT molecular complexity index is 460. The molecule has 0 aliphatic heterocycles. The van der Waals surface area contributed by atoms with Gasteiger partial charge in [-0.3, -0.25) is 4.98 Å². The van der Waals surface area contributed by atoms with Crippen molar-refractivity contribution in [3.63, 3.8) is 0 Å². The molecule has 84 valence electrons. The fraction of sp³-hybridized carbons (Fsp3) is 0.385. The van der Waals surface area contributed by atoms with Gasteiger partial charge >= 0.3 is 0 Å². The zero-order chi connectivity index (χ0) is 11.4. The fourth-order valence-electron chi connectivity index (χ4n) is 1.80. The standard InChI is InChI=1S/C13H17N3/c1-3-5-13-14-8-9-16(13)10-12-7-4-6-11(2)15-12/h4,6-9H,3,5,10H2,1-2H3. The molecule has 0 fully saturated rings. The highest BCUT2D eigenvalue weighted by molar-refractivity contribution is 5.11. The Labute approximate surface area is 96.2 Å². The first-order chi connectivity index (χ1) is 7.79. The van der Waals surface area contributed by atoms with Crippen molar-refractivity contribution in [1.29, 1.82) is 0 Å². The summed E-state index contributed by atoms with van der Waals surface area (Å²) in [5.74, 6) is 1.14. The van der Waals surface area contributed by atoms with Gasteiger partial charge in [-0.05, 0) is 25.5 Å². The smallest absolute Gasteiger partial charge is 0.108 e. The van der Waals surface area contributed by atoms with Crippen LogP contribution in [0.3, 0.4) is 0 Å². The third-order valence-corrected chi connectivity index (χ3v) is 2.55. The molecular formula is C13H17N3. The number of pyridine rings is 1. The van der Waals surface area contributed by atoms with E-state index in [9.17, 15) is 0 Å². The molecule has 2 aromatic heterocycles. The Kier molecular flexibility index (Phi) is 3.34. The number of aromatic nitrogens is 3. The maximum atomic E-state index is 4.50. The zero-order valence-corrected chi connectivity index (χ0v) is 9.85. The van der Waals surface area contributed by atoms with Gasteiger partial charge in [0.2, 0.25) is 0 Å². The van der Waals surface area contributed by atoms with Crippen molar-refractivity contribution >= 4 is 0 Å². The Morgan fingerprint density at radius 1 is 1.31 bits per heavy atom. The molecule has 3 heteroatoms. The topological polar surface area (TPSA) is 30.7 Å². The average Bonchev–Trinajstić information content (AvgIpc) is 2.66. The molecule has 0 saturated carbocycles. The van der Waals surface area contributed by atoms with Crippen LogP contribution in [0.5, 0.6) is 0 Å². The molecule has 0 amide bonds. The van der Waals surface area contributed by atoms with E-state index in [1.165, 1.54) is 0 Å². The van der Waals surface area contributed by atoms with Crippen LogP contribution < -0.4 is 0 Å². The number of imidazole rings is 1. The molecule has 0 radical (unpaired) electrons. The lowest BCUT2D eigenvalue weighted by atomic mass is 10.3. The average molecular weight is 215 g/mol. The Morgan fingerprint density at radius 3 is 2.94 bits per heavy atom. The Balaban J connectivity index is 2.17. The molecule has 2 rings (SSSR count). The summed E-state index contributed by atoms with van der Waals surface area (Å²) >= 11 is 0. The van der Waals surface area contributed by atoms with Gasteiger partial charge in [0.1, 0.15) is 5.82 Å². The highest BCUT2D eigenvalue weighted by atomic mass is 15.1. The Hall–Kier alpha value is -1.64. The van der Waals surface area contributed by atoms with Gasteiger partial charge in [-0.25, -0.2) is 4.98 Å². The second-order valence-electron chi connectivity index (χ2n) is 3.99. The maximum Gasteiger partial charge on any atom is 0.108 e. The number of nitrogens with zero attached hydrogens (tertiary/aromatic N) is 3. The second-order valence-corrected chi connectivity index (χ2v) is 3.99. The molecule has 0 aliphatic rings. The van der Waals surface area contributed by atoms with Crippen LogP contribution in [-0.4, -0.2) is 14.5 Å². The van der Waals surface area contributed by atoms with Crippen molar-refractivity contribution in [2.45, 2.75) is 33.2 Å². The number of rotatable bonds is 4. The van der Waals surface area contributed by atoms with E-state index in [4.69, 9.17) is 0 Å². The van der Waals surface area contributed by atoms with Crippen LogP contribution in [0.1, 0.15) is 30.6 Å². The lowest BCUT2D eigenvalue weighted by Gasteiger charge is -2.07. The van der Waals surface area contributed by atoms with E-state index >= 15 is 0 Å². The quantitative estimate of drug-likeness (QED) is 0.784. The minimum Gasteiger partial charge on any atom is -0.329 e. The molecule has 2 aromatic rings. The Morgan fingerprint density at radius 2 is 2.19 bits per heavy atom. The first-order valence-corrected chi connectivity index (χ1v) is 5.72. The van der Waals surface area contributed by atoms with Crippen molar-refractivity contribution in [1.82, 2.24) is 14.5 Å². The van der Waals surface area contributed by atoms with Gasteiger partial charge < -0.3 is 4.57 Å². The highest BCUT2D eigenvalue weighted by Gasteiger charge is 2.03. The first kappa shape index (κ1) is 10.9. The summed E-state index contributed by atoms with van der Waals surface area (Å²) in [5, 5.41) is 0. The fourth-order valence-corrected chi connectivity index (χ4v) is 1.80. The van der Waals surface area contributed by atoms with E-state index in [-0.39, 0.29) is 0 Å². The van der Waals surface area contributed by atoms with Crippen molar-refractivity contribution in [3.8, 4) is 0 Å². The molecule has 0 atom stereocenters. The van der Waals surface area contributed by atoms with Crippen LogP contribution in [-0.2, 0) is 13.0 Å². The highest BCUT2D eigenvalue weighted by Crippen LogP contribution is 2.06. The van der Waals surface area contributed by atoms with Gasteiger partial charge in [0.15, 0.2) is 0 Å². The van der Waals surface area contributed by atoms with E-state index in [1.807, 2.05) is 31.5 Å². The van der Waals surface area contributed by atoms with E-state index in [0.29, 0.717) is 0 Å².